The van der Waals surface area contributed by atoms with Crippen molar-refractivity contribution in [3.05, 3.63) is 35.4 Å². The molecule has 6 heteroatoms. The van der Waals surface area contributed by atoms with Crippen LogP contribution in [0.4, 0.5) is 13.2 Å². The summed E-state index contributed by atoms with van der Waals surface area (Å²) in [5, 5.41) is 2.86. The second-order valence-electron chi connectivity index (χ2n) is 5.25. The summed E-state index contributed by atoms with van der Waals surface area (Å²) < 4.78 is 42.7. The highest BCUT2D eigenvalue weighted by molar-refractivity contribution is 5.94. The SMILES string of the molecule is O=C(N[C@@H]1C[C@@H]2OCC[C@@H]21)c1ccc(C(F)(F)F)cc1. The highest BCUT2D eigenvalue weighted by Crippen LogP contribution is 2.38. The molecule has 3 nitrogen and oxygen atoms in total. The van der Waals surface area contributed by atoms with E-state index in [-0.39, 0.29) is 23.6 Å². The molecule has 20 heavy (non-hydrogen) atoms. The Morgan fingerprint density at radius 1 is 1.25 bits per heavy atom. The minimum absolute atomic E-state index is 0.0808. The molecule has 0 aromatic heterocycles. The van der Waals surface area contributed by atoms with E-state index in [1.165, 1.54) is 12.1 Å². The zero-order chi connectivity index (χ0) is 14.3. The van der Waals surface area contributed by atoms with Gasteiger partial charge in [0.2, 0.25) is 0 Å². The number of benzene rings is 1. The number of hydrogen-bond donors (Lipinski definition) is 1. The maximum Gasteiger partial charge on any atom is 0.416 e. The number of ether oxygens (including phenoxy) is 1. The molecule has 1 N–H and O–H groups in total. The van der Waals surface area contributed by atoms with Crippen LogP contribution < -0.4 is 5.32 Å². The summed E-state index contributed by atoms with van der Waals surface area (Å²) in [6, 6.07) is 4.35. The first-order chi connectivity index (χ1) is 9.45. The molecular weight excluding hydrogens is 271 g/mol. The van der Waals surface area contributed by atoms with E-state index in [9.17, 15) is 18.0 Å². The van der Waals surface area contributed by atoms with E-state index in [0.717, 1.165) is 31.6 Å². The molecule has 1 aromatic carbocycles. The van der Waals surface area contributed by atoms with Crippen molar-refractivity contribution < 1.29 is 22.7 Å². The van der Waals surface area contributed by atoms with Crippen molar-refractivity contribution in [3.8, 4) is 0 Å². The molecule has 2 fully saturated rings. The van der Waals surface area contributed by atoms with E-state index in [4.69, 9.17) is 4.74 Å². The summed E-state index contributed by atoms with van der Waals surface area (Å²) in [5.41, 5.74) is -0.498. The Morgan fingerprint density at radius 2 is 1.95 bits per heavy atom. The van der Waals surface area contributed by atoms with Crippen LogP contribution in [0.2, 0.25) is 0 Å². The van der Waals surface area contributed by atoms with Crippen LogP contribution in [-0.4, -0.2) is 24.7 Å². The van der Waals surface area contributed by atoms with Crippen LogP contribution in [0.15, 0.2) is 24.3 Å². The number of nitrogens with one attached hydrogen (secondary N) is 1. The highest BCUT2D eigenvalue weighted by Gasteiger charge is 2.45. The third-order valence-electron chi connectivity index (χ3n) is 4.05. The third kappa shape index (κ3) is 2.40. The van der Waals surface area contributed by atoms with Crippen molar-refractivity contribution in [3.63, 3.8) is 0 Å². The van der Waals surface area contributed by atoms with E-state index < -0.39 is 11.7 Å². The fourth-order valence-corrected chi connectivity index (χ4v) is 2.83. The Kier molecular flexibility index (Phi) is 3.20. The first-order valence-corrected chi connectivity index (χ1v) is 6.55. The van der Waals surface area contributed by atoms with Gasteiger partial charge in [0.25, 0.3) is 5.91 Å². The summed E-state index contributed by atoms with van der Waals surface area (Å²) in [7, 11) is 0. The van der Waals surface area contributed by atoms with Gasteiger partial charge in [-0.2, -0.15) is 13.2 Å². The molecule has 1 saturated heterocycles. The van der Waals surface area contributed by atoms with E-state index in [0.29, 0.717) is 5.92 Å². The van der Waals surface area contributed by atoms with Crippen LogP contribution in [0.25, 0.3) is 0 Å². The quantitative estimate of drug-likeness (QED) is 0.907. The molecule has 1 saturated carbocycles. The van der Waals surface area contributed by atoms with E-state index in [1.54, 1.807) is 0 Å². The summed E-state index contributed by atoms with van der Waals surface area (Å²) in [6.45, 7) is 0.724. The molecule has 108 valence electrons. The van der Waals surface area contributed by atoms with Crippen LogP contribution in [0.3, 0.4) is 0 Å². The van der Waals surface area contributed by atoms with Crippen molar-refractivity contribution in [1.82, 2.24) is 5.32 Å². The molecule has 1 amide bonds. The first-order valence-electron chi connectivity index (χ1n) is 6.55. The Hall–Kier alpha value is -1.56. The van der Waals surface area contributed by atoms with Crippen molar-refractivity contribution in [2.75, 3.05) is 6.61 Å². The minimum atomic E-state index is -4.38. The zero-order valence-electron chi connectivity index (χ0n) is 10.6. The molecule has 0 bridgehead atoms. The molecular formula is C14H14F3NO2. The summed E-state index contributed by atoms with van der Waals surface area (Å²) in [6.07, 6.45) is -2.41. The Labute approximate surface area is 114 Å². The van der Waals surface area contributed by atoms with Crippen molar-refractivity contribution in [1.29, 1.82) is 0 Å². The number of alkyl halides is 3. The van der Waals surface area contributed by atoms with Gasteiger partial charge in [-0.05, 0) is 37.1 Å². The van der Waals surface area contributed by atoms with Gasteiger partial charge in [0, 0.05) is 24.1 Å². The number of halogens is 3. The maximum atomic E-state index is 12.4. The lowest BCUT2D eigenvalue weighted by Gasteiger charge is -2.39. The van der Waals surface area contributed by atoms with Crippen LogP contribution in [0, 0.1) is 5.92 Å². The van der Waals surface area contributed by atoms with Gasteiger partial charge in [-0.15, -0.1) is 0 Å². The molecule has 1 aromatic rings. The molecule has 0 radical (unpaired) electrons. The van der Waals surface area contributed by atoms with E-state index in [2.05, 4.69) is 5.32 Å². The van der Waals surface area contributed by atoms with E-state index >= 15 is 0 Å². The van der Waals surface area contributed by atoms with Gasteiger partial charge in [0.1, 0.15) is 0 Å². The highest BCUT2D eigenvalue weighted by atomic mass is 19.4. The van der Waals surface area contributed by atoms with Gasteiger partial charge in [-0.1, -0.05) is 0 Å². The van der Waals surface area contributed by atoms with Crippen LogP contribution >= 0.6 is 0 Å². The standard InChI is InChI=1S/C14H14F3NO2/c15-14(16,17)9-3-1-8(2-4-9)13(19)18-11-7-12-10(11)5-6-20-12/h1-4,10-12H,5-7H2,(H,18,19)/t10-,11-,12+/m1/s1. The van der Waals surface area contributed by atoms with Crippen molar-refractivity contribution >= 4 is 5.91 Å². The van der Waals surface area contributed by atoms with Gasteiger partial charge < -0.3 is 10.1 Å². The van der Waals surface area contributed by atoms with Crippen molar-refractivity contribution in [2.24, 2.45) is 5.92 Å². The Bertz CT molecular complexity index is 512. The number of fused-ring (bicyclic) bond motifs is 1. The zero-order valence-corrected chi connectivity index (χ0v) is 10.6. The lowest BCUT2D eigenvalue weighted by atomic mass is 9.76. The topological polar surface area (TPSA) is 38.3 Å². The van der Waals surface area contributed by atoms with Crippen LogP contribution in [0.5, 0.6) is 0 Å². The average molecular weight is 285 g/mol. The molecule has 3 rings (SSSR count). The van der Waals surface area contributed by atoms with Gasteiger partial charge in [-0.25, -0.2) is 0 Å². The van der Waals surface area contributed by atoms with Gasteiger partial charge in [0.15, 0.2) is 0 Å². The van der Waals surface area contributed by atoms with Gasteiger partial charge in [-0.3, -0.25) is 4.79 Å². The summed E-state index contributed by atoms with van der Waals surface area (Å²) >= 11 is 0. The molecule has 0 unspecified atom stereocenters. The second-order valence-corrected chi connectivity index (χ2v) is 5.25. The fraction of sp³-hybridized carbons (Fsp3) is 0.500. The number of carbonyl (C=O) groups is 1. The largest absolute Gasteiger partial charge is 0.416 e. The average Bonchev–Trinajstić information content (AvgIpc) is 2.76. The number of amides is 1. The lowest BCUT2D eigenvalue weighted by molar-refractivity contribution is -0.137. The minimum Gasteiger partial charge on any atom is -0.378 e. The molecule has 1 heterocycles. The molecule has 1 aliphatic heterocycles. The van der Waals surface area contributed by atoms with E-state index in [1.807, 2.05) is 0 Å². The van der Waals surface area contributed by atoms with Crippen molar-refractivity contribution in [2.45, 2.75) is 31.2 Å². The number of rotatable bonds is 2. The third-order valence-corrected chi connectivity index (χ3v) is 4.05. The maximum absolute atomic E-state index is 12.4. The normalized spacial score (nSPS) is 28.6. The number of hydrogen-bond acceptors (Lipinski definition) is 2. The lowest BCUT2D eigenvalue weighted by Crippen LogP contribution is -2.53. The molecule has 1 aliphatic carbocycles. The number of carbonyl (C=O) groups excluding carboxylic acids is 1. The molecule has 2 aliphatic rings. The van der Waals surface area contributed by atoms with Crippen LogP contribution in [0.1, 0.15) is 28.8 Å². The van der Waals surface area contributed by atoms with Gasteiger partial charge >= 0.3 is 6.18 Å². The van der Waals surface area contributed by atoms with Gasteiger partial charge in [0.05, 0.1) is 11.7 Å². The predicted molar refractivity (Wildman–Crippen MR) is 65.2 cm³/mol. The summed E-state index contributed by atoms with van der Waals surface area (Å²) in [5.74, 6) is 0.0301. The predicted octanol–water partition coefficient (Wildman–Crippen LogP) is 2.61. The summed E-state index contributed by atoms with van der Waals surface area (Å²) in [4.78, 5) is 12.0. The Morgan fingerprint density at radius 3 is 2.55 bits per heavy atom. The molecule has 3 atom stereocenters. The Balaban J connectivity index is 1.63. The smallest absolute Gasteiger partial charge is 0.378 e. The fourth-order valence-electron chi connectivity index (χ4n) is 2.83. The van der Waals surface area contributed by atoms with Crippen LogP contribution in [-0.2, 0) is 10.9 Å². The molecule has 0 spiro atoms. The monoisotopic (exact) mass is 285 g/mol. The first kappa shape index (κ1) is 13.4. The second kappa shape index (κ2) is 4.77.